The minimum absolute atomic E-state index is 0.212. The molecule has 2 aromatic rings. The summed E-state index contributed by atoms with van der Waals surface area (Å²) in [6.07, 6.45) is 0.634. The van der Waals surface area contributed by atoms with Gasteiger partial charge in [0.2, 0.25) is 0 Å². The molecule has 3 amide bonds. The summed E-state index contributed by atoms with van der Waals surface area (Å²) in [6, 6.07) is 6.72. The number of aryl methyl sites for hydroxylation is 1. The number of imide groups is 1. The number of amides is 3. The lowest BCUT2D eigenvalue weighted by Crippen LogP contribution is -2.46. The van der Waals surface area contributed by atoms with Crippen LogP contribution in [-0.4, -0.2) is 45.9 Å². The number of anilines is 1. The maximum absolute atomic E-state index is 12.7. The number of fused-ring (bicyclic) bond motifs is 1. The largest absolute Gasteiger partial charge is 0.451 e. The van der Waals surface area contributed by atoms with E-state index in [1.54, 1.807) is 19.1 Å². The van der Waals surface area contributed by atoms with Gasteiger partial charge in [0, 0.05) is 6.07 Å². The summed E-state index contributed by atoms with van der Waals surface area (Å²) in [5, 5.41) is 6.24. The van der Waals surface area contributed by atoms with E-state index in [2.05, 4.69) is 10.5 Å². The van der Waals surface area contributed by atoms with Gasteiger partial charge in [0.25, 0.3) is 17.7 Å². The highest BCUT2D eigenvalue weighted by Crippen LogP contribution is 2.25. The van der Waals surface area contributed by atoms with Crippen LogP contribution < -0.4 is 5.32 Å². The third-order valence-electron chi connectivity index (χ3n) is 4.80. The molecule has 0 bridgehead atoms. The highest BCUT2D eigenvalue weighted by Gasteiger charge is 2.42. The average Bonchev–Trinajstić information content (AvgIpc) is 3.25. The number of hydrogen-bond donors (Lipinski definition) is 1. The van der Waals surface area contributed by atoms with Gasteiger partial charge in [-0.3, -0.25) is 19.3 Å². The molecular weight excluding hydrogens is 390 g/mol. The second-order valence-corrected chi connectivity index (χ2v) is 7.08. The molecule has 1 aliphatic heterocycles. The molecule has 0 saturated carbocycles. The number of unbranched alkanes of at least 4 members (excludes halogenated alkanes) is 1. The fourth-order valence-corrected chi connectivity index (χ4v) is 3.17. The summed E-state index contributed by atoms with van der Waals surface area (Å²) in [4.78, 5) is 51.4. The van der Waals surface area contributed by atoms with Crippen molar-refractivity contribution in [2.45, 2.75) is 52.2 Å². The van der Waals surface area contributed by atoms with Crippen molar-refractivity contribution in [3.05, 3.63) is 47.2 Å². The number of nitrogens with zero attached hydrogens (tertiary/aromatic N) is 2. The van der Waals surface area contributed by atoms with Crippen molar-refractivity contribution in [2.24, 2.45) is 0 Å². The van der Waals surface area contributed by atoms with Gasteiger partial charge in [0.1, 0.15) is 11.8 Å². The third kappa shape index (κ3) is 4.24. The molecule has 3 rings (SSSR count). The Labute approximate surface area is 173 Å². The van der Waals surface area contributed by atoms with Crippen LogP contribution in [0.3, 0.4) is 0 Å². The lowest BCUT2D eigenvalue weighted by Gasteiger charge is -2.24. The van der Waals surface area contributed by atoms with Crippen LogP contribution in [0.25, 0.3) is 0 Å². The molecule has 2 atom stereocenters. The molecule has 2 heterocycles. The van der Waals surface area contributed by atoms with Crippen LogP contribution >= 0.6 is 0 Å². The molecule has 2 unspecified atom stereocenters. The zero-order valence-electron chi connectivity index (χ0n) is 17.0. The van der Waals surface area contributed by atoms with Crippen molar-refractivity contribution in [1.82, 2.24) is 10.1 Å². The minimum Gasteiger partial charge on any atom is -0.451 e. The molecule has 1 aliphatic rings. The van der Waals surface area contributed by atoms with Gasteiger partial charge in [-0.25, -0.2) is 4.79 Å². The Kier molecular flexibility index (Phi) is 6.29. The number of esters is 1. The van der Waals surface area contributed by atoms with Crippen LogP contribution in [0, 0.1) is 6.92 Å². The van der Waals surface area contributed by atoms with Crippen LogP contribution in [0.5, 0.6) is 0 Å². The van der Waals surface area contributed by atoms with E-state index in [0.29, 0.717) is 18.6 Å². The van der Waals surface area contributed by atoms with Gasteiger partial charge in [0.15, 0.2) is 11.9 Å². The van der Waals surface area contributed by atoms with Crippen LogP contribution in [0.4, 0.5) is 5.82 Å². The van der Waals surface area contributed by atoms with Gasteiger partial charge in [0.05, 0.1) is 11.1 Å². The fraction of sp³-hybridized carbons (Fsp3) is 0.381. The molecule has 0 fully saturated rings. The lowest BCUT2D eigenvalue weighted by molar-refractivity contribution is -0.158. The van der Waals surface area contributed by atoms with E-state index in [-0.39, 0.29) is 16.9 Å². The maximum atomic E-state index is 12.7. The van der Waals surface area contributed by atoms with Crippen LogP contribution in [0.1, 0.15) is 59.6 Å². The summed E-state index contributed by atoms with van der Waals surface area (Å²) in [6.45, 7) is 5.03. The van der Waals surface area contributed by atoms with Crippen molar-refractivity contribution in [3.63, 3.8) is 0 Å². The molecule has 0 spiro atoms. The topological polar surface area (TPSA) is 119 Å². The van der Waals surface area contributed by atoms with Crippen molar-refractivity contribution in [1.29, 1.82) is 0 Å². The number of nitrogens with one attached hydrogen (secondary N) is 1. The molecule has 1 aromatic carbocycles. The van der Waals surface area contributed by atoms with E-state index in [4.69, 9.17) is 9.26 Å². The highest BCUT2D eigenvalue weighted by atomic mass is 16.5. The Balaban J connectivity index is 1.71. The van der Waals surface area contributed by atoms with E-state index >= 15 is 0 Å². The SMILES string of the molecule is CCCCC(OC(=O)C(C)N1C(=O)c2ccccc2C1=O)C(=O)Nc1cc(C)on1. The summed E-state index contributed by atoms with van der Waals surface area (Å²) < 4.78 is 10.3. The Morgan fingerprint density at radius 3 is 2.37 bits per heavy atom. The quantitative estimate of drug-likeness (QED) is 0.522. The second-order valence-electron chi connectivity index (χ2n) is 7.08. The number of benzene rings is 1. The Morgan fingerprint density at radius 1 is 1.20 bits per heavy atom. The van der Waals surface area contributed by atoms with Gasteiger partial charge < -0.3 is 14.6 Å². The average molecular weight is 413 g/mol. The Morgan fingerprint density at radius 2 is 1.83 bits per heavy atom. The molecule has 30 heavy (non-hydrogen) atoms. The normalized spacial score (nSPS) is 15.0. The fourth-order valence-electron chi connectivity index (χ4n) is 3.17. The number of carbonyl (C=O) groups excluding carboxylic acids is 4. The zero-order chi connectivity index (χ0) is 21.8. The molecule has 1 aromatic heterocycles. The van der Waals surface area contributed by atoms with Crippen molar-refractivity contribution >= 4 is 29.5 Å². The van der Waals surface area contributed by atoms with Crippen LogP contribution in [-0.2, 0) is 14.3 Å². The molecular formula is C21H23N3O6. The predicted octanol–water partition coefficient (Wildman–Crippen LogP) is 2.71. The first-order valence-corrected chi connectivity index (χ1v) is 9.75. The maximum Gasteiger partial charge on any atom is 0.329 e. The van der Waals surface area contributed by atoms with Crippen molar-refractivity contribution in [2.75, 3.05) is 5.32 Å². The molecule has 158 valence electrons. The summed E-state index contributed by atoms with van der Waals surface area (Å²) in [7, 11) is 0. The predicted molar refractivity (Wildman–Crippen MR) is 106 cm³/mol. The van der Waals surface area contributed by atoms with Crippen LogP contribution in [0.2, 0.25) is 0 Å². The molecule has 0 saturated heterocycles. The lowest BCUT2D eigenvalue weighted by atomic mass is 10.1. The first-order chi connectivity index (χ1) is 14.3. The van der Waals surface area contributed by atoms with E-state index in [0.717, 1.165) is 11.3 Å². The van der Waals surface area contributed by atoms with E-state index in [1.807, 2.05) is 6.92 Å². The van der Waals surface area contributed by atoms with Crippen LogP contribution in [0.15, 0.2) is 34.9 Å². The van der Waals surface area contributed by atoms with Gasteiger partial charge in [-0.15, -0.1) is 0 Å². The minimum atomic E-state index is -1.18. The number of rotatable bonds is 8. The smallest absolute Gasteiger partial charge is 0.329 e. The highest BCUT2D eigenvalue weighted by molar-refractivity contribution is 6.22. The number of hydrogen-bond acceptors (Lipinski definition) is 7. The summed E-state index contributed by atoms with van der Waals surface area (Å²) >= 11 is 0. The monoisotopic (exact) mass is 413 g/mol. The summed E-state index contributed by atoms with van der Waals surface area (Å²) in [5.74, 6) is -1.78. The van der Waals surface area contributed by atoms with Gasteiger partial charge in [-0.1, -0.05) is 30.6 Å². The third-order valence-corrected chi connectivity index (χ3v) is 4.80. The van der Waals surface area contributed by atoms with Gasteiger partial charge in [-0.05, 0) is 38.8 Å². The van der Waals surface area contributed by atoms with Gasteiger partial charge in [-0.2, -0.15) is 0 Å². The molecule has 9 heteroatoms. The first-order valence-electron chi connectivity index (χ1n) is 9.75. The summed E-state index contributed by atoms with van der Waals surface area (Å²) in [5.41, 5.74) is 0.479. The molecule has 0 radical (unpaired) electrons. The number of ether oxygens (including phenoxy) is 1. The van der Waals surface area contributed by atoms with E-state index in [1.165, 1.54) is 25.1 Å². The molecule has 0 aliphatic carbocycles. The molecule has 9 nitrogen and oxygen atoms in total. The Hall–Kier alpha value is -3.49. The standard InChI is InChI=1S/C21H23N3O6/c1-4-5-10-16(18(25)22-17-11-12(2)30-23-17)29-21(28)13(3)24-19(26)14-8-6-7-9-15(14)20(24)27/h6-9,11,13,16H,4-5,10H2,1-3H3,(H,22,23,25). The van der Waals surface area contributed by atoms with Crippen molar-refractivity contribution in [3.8, 4) is 0 Å². The number of carbonyl (C=O) groups is 4. The second kappa shape index (κ2) is 8.89. The first kappa shape index (κ1) is 21.2. The van der Waals surface area contributed by atoms with Gasteiger partial charge >= 0.3 is 5.97 Å². The van der Waals surface area contributed by atoms with Crippen molar-refractivity contribution < 1.29 is 28.4 Å². The number of aromatic nitrogens is 1. The van der Waals surface area contributed by atoms with E-state index in [9.17, 15) is 19.2 Å². The molecule has 1 N–H and O–H groups in total. The zero-order valence-corrected chi connectivity index (χ0v) is 17.0. The Bertz CT molecular complexity index is 948. The van der Waals surface area contributed by atoms with E-state index < -0.39 is 35.8 Å².